The first kappa shape index (κ1) is 16.8. The predicted octanol–water partition coefficient (Wildman–Crippen LogP) is 4.63. The van der Waals surface area contributed by atoms with Gasteiger partial charge >= 0.3 is 0 Å². The van der Waals surface area contributed by atoms with E-state index in [1.54, 1.807) is 54.6 Å². The van der Waals surface area contributed by atoms with Crippen LogP contribution in [0.15, 0.2) is 66.7 Å². The maximum Gasteiger partial charge on any atom is 0.259 e. The summed E-state index contributed by atoms with van der Waals surface area (Å²) in [5, 5.41) is 2.86. The van der Waals surface area contributed by atoms with Gasteiger partial charge in [-0.25, -0.2) is 9.37 Å². The van der Waals surface area contributed by atoms with Gasteiger partial charge in [0, 0.05) is 11.3 Å². The Hall–Kier alpha value is -3.67. The largest absolute Gasteiger partial charge is 0.496 e. The van der Waals surface area contributed by atoms with Crippen LogP contribution >= 0.6 is 0 Å². The van der Waals surface area contributed by atoms with Gasteiger partial charge in [0.2, 0.25) is 0 Å². The van der Waals surface area contributed by atoms with Gasteiger partial charge in [-0.15, -0.1) is 0 Å². The van der Waals surface area contributed by atoms with E-state index >= 15 is 0 Å². The van der Waals surface area contributed by atoms with Gasteiger partial charge in [0.1, 0.15) is 17.4 Å². The van der Waals surface area contributed by atoms with E-state index in [-0.39, 0.29) is 11.7 Å². The topological polar surface area (TPSA) is 67.0 Å². The van der Waals surface area contributed by atoms with E-state index in [4.69, 9.17) is 4.74 Å². The first-order valence-electron chi connectivity index (χ1n) is 8.34. The number of fused-ring (bicyclic) bond motifs is 1. The molecule has 0 fully saturated rings. The molecule has 1 amide bonds. The molecule has 4 aromatic rings. The fourth-order valence-electron chi connectivity index (χ4n) is 2.89. The molecule has 2 N–H and O–H groups in total. The minimum absolute atomic E-state index is 0.267. The molecule has 1 heterocycles. The standard InChI is InChI=1S/C21H16FN3O2/c1-27-19-8-3-2-7-16(19)21(26)23-15-9-10-17-18(12-15)25-20(24-17)13-5-4-6-14(22)11-13/h2-12H,1H3,(H,23,26)(H,24,25). The van der Waals surface area contributed by atoms with Gasteiger partial charge < -0.3 is 15.0 Å². The average Bonchev–Trinajstić information content (AvgIpc) is 3.11. The number of amides is 1. The molecule has 134 valence electrons. The number of aromatic amines is 1. The van der Waals surface area contributed by atoms with Crippen LogP contribution < -0.4 is 10.1 Å². The molecule has 0 radical (unpaired) electrons. The minimum Gasteiger partial charge on any atom is -0.496 e. The zero-order valence-electron chi connectivity index (χ0n) is 14.5. The Morgan fingerprint density at radius 3 is 2.74 bits per heavy atom. The van der Waals surface area contributed by atoms with Crippen LogP contribution in [0.5, 0.6) is 5.75 Å². The highest BCUT2D eigenvalue weighted by atomic mass is 19.1. The lowest BCUT2D eigenvalue weighted by Crippen LogP contribution is -2.13. The molecular weight excluding hydrogens is 345 g/mol. The average molecular weight is 361 g/mol. The van der Waals surface area contributed by atoms with Gasteiger partial charge in [-0.2, -0.15) is 0 Å². The molecular formula is C21H16FN3O2. The van der Waals surface area contributed by atoms with Crippen molar-refractivity contribution in [2.45, 2.75) is 0 Å². The number of ether oxygens (including phenoxy) is 1. The van der Waals surface area contributed by atoms with E-state index in [1.807, 2.05) is 0 Å². The monoisotopic (exact) mass is 361 g/mol. The maximum absolute atomic E-state index is 13.4. The van der Waals surface area contributed by atoms with Crippen LogP contribution in [0.1, 0.15) is 10.4 Å². The van der Waals surface area contributed by atoms with Gasteiger partial charge in [-0.05, 0) is 42.5 Å². The summed E-state index contributed by atoms with van der Waals surface area (Å²) in [5.74, 6) is 0.484. The number of anilines is 1. The molecule has 4 rings (SSSR count). The summed E-state index contributed by atoms with van der Waals surface area (Å²) in [6.07, 6.45) is 0. The third-order valence-electron chi connectivity index (χ3n) is 4.19. The van der Waals surface area contributed by atoms with Crippen molar-refractivity contribution in [2.24, 2.45) is 0 Å². The Labute approximate surface area is 154 Å². The summed E-state index contributed by atoms with van der Waals surface area (Å²) >= 11 is 0. The Morgan fingerprint density at radius 2 is 1.93 bits per heavy atom. The number of carbonyl (C=O) groups excluding carboxylic acids is 1. The second-order valence-electron chi connectivity index (χ2n) is 5.98. The Morgan fingerprint density at radius 1 is 1.07 bits per heavy atom. The molecule has 0 saturated carbocycles. The smallest absolute Gasteiger partial charge is 0.259 e. The molecule has 0 atom stereocenters. The Bertz CT molecular complexity index is 1140. The van der Waals surface area contributed by atoms with E-state index in [0.717, 1.165) is 11.0 Å². The van der Waals surface area contributed by atoms with Crippen LogP contribution in [-0.2, 0) is 0 Å². The van der Waals surface area contributed by atoms with Crippen LogP contribution in [0.2, 0.25) is 0 Å². The summed E-state index contributed by atoms with van der Waals surface area (Å²) in [5.41, 5.74) is 3.19. The second kappa shape index (κ2) is 6.92. The molecule has 0 saturated heterocycles. The number of rotatable bonds is 4. The van der Waals surface area contributed by atoms with E-state index in [1.165, 1.54) is 19.2 Å². The van der Waals surface area contributed by atoms with E-state index in [9.17, 15) is 9.18 Å². The summed E-state index contributed by atoms with van der Waals surface area (Å²) < 4.78 is 18.7. The highest BCUT2D eigenvalue weighted by Gasteiger charge is 2.13. The number of nitrogens with one attached hydrogen (secondary N) is 2. The van der Waals surface area contributed by atoms with Gasteiger partial charge in [0.05, 0.1) is 23.7 Å². The second-order valence-corrected chi connectivity index (χ2v) is 5.98. The van der Waals surface area contributed by atoms with Gasteiger partial charge in [0.15, 0.2) is 0 Å². The number of para-hydroxylation sites is 1. The van der Waals surface area contributed by atoms with Crippen molar-refractivity contribution < 1.29 is 13.9 Å². The van der Waals surface area contributed by atoms with Gasteiger partial charge in [0.25, 0.3) is 5.91 Å². The van der Waals surface area contributed by atoms with Crippen molar-refractivity contribution in [2.75, 3.05) is 12.4 Å². The maximum atomic E-state index is 13.4. The normalized spacial score (nSPS) is 10.7. The lowest BCUT2D eigenvalue weighted by molar-refractivity contribution is 0.102. The highest BCUT2D eigenvalue weighted by molar-refractivity contribution is 6.06. The Kier molecular flexibility index (Phi) is 4.30. The first-order valence-corrected chi connectivity index (χ1v) is 8.34. The fourth-order valence-corrected chi connectivity index (χ4v) is 2.89. The van der Waals surface area contributed by atoms with Crippen molar-refractivity contribution in [1.82, 2.24) is 9.97 Å². The molecule has 0 unspecified atom stereocenters. The summed E-state index contributed by atoms with van der Waals surface area (Å²) in [7, 11) is 1.52. The highest BCUT2D eigenvalue weighted by Crippen LogP contribution is 2.24. The summed E-state index contributed by atoms with van der Waals surface area (Å²) in [4.78, 5) is 20.2. The van der Waals surface area contributed by atoms with Gasteiger partial charge in [-0.3, -0.25) is 4.79 Å². The number of imidazole rings is 1. The quantitative estimate of drug-likeness (QED) is 0.557. The number of aromatic nitrogens is 2. The molecule has 3 aromatic carbocycles. The Balaban J connectivity index is 1.63. The molecule has 6 heteroatoms. The lowest BCUT2D eigenvalue weighted by Gasteiger charge is -2.09. The van der Waals surface area contributed by atoms with Crippen molar-refractivity contribution in [1.29, 1.82) is 0 Å². The molecule has 0 aliphatic rings. The van der Waals surface area contributed by atoms with Crippen molar-refractivity contribution >= 4 is 22.6 Å². The van der Waals surface area contributed by atoms with Crippen molar-refractivity contribution in [3.8, 4) is 17.1 Å². The number of hydrogen-bond donors (Lipinski definition) is 2. The zero-order valence-corrected chi connectivity index (χ0v) is 14.5. The number of halogens is 1. The predicted molar refractivity (Wildman–Crippen MR) is 102 cm³/mol. The molecule has 1 aromatic heterocycles. The SMILES string of the molecule is COc1ccccc1C(=O)Nc1ccc2nc(-c3cccc(F)c3)[nH]c2c1. The number of nitrogens with zero attached hydrogens (tertiary/aromatic N) is 1. The van der Waals surface area contributed by atoms with E-state index < -0.39 is 0 Å². The molecule has 0 aliphatic carbocycles. The van der Waals surface area contributed by atoms with Crippen LogP contribution in [0, 0.1) is 5.82 Å². The van der Waals surface area contributed by atoms with Crippen molar-refractivity contribution in [3.63, 3.8) is 0 Å². The van der Waals surface area contributed by atoms with Gasteiger partial charge in [-0.1, -0.05) is 24.3 Å². The molecule has 0 aliphatic heterocycles. The number of carbonyl (C=O) groups is 1. The molecule has 5 nitrogen and oxygen atoms in total. The number of hydrogen-bond acceptors (Lipinski definition) is 3. The molecule has 0 bridgehead atoms. The third-order valence-corrected chi connectivity index (χ3v) is 4.19. The first-order chi connectivity index (χ1) is 13.1. The molecule has 0 spiro atoms. The molecule has 27 heavy (non-hydrogen) atoms. The third kappa shape index (κ3) is 3.37. The number of benzene rings is 3. The van der Waals surface area contributed by atoms with E-state index in [0.29, 0.717) is 28.4 Å². The van der Waals surface area contributed by atoms with Crippen LogP contribution in [0.4, 0.5) is 10.1 Å². The van der Waals surface area contributed by atoms with Crippen LogP contribution in [0.25, 0.3) is 22.4 Å². The zero-order chi connectivity index (χ0) is 18.8. The van der Waals surface area contributed by atoms with Crippen LogP contribution in [0.3, 0.4) is 0 Å². The fraction of sp³-hybridized carbons (Fsp3) is 0.0476. The van der Waals surface area contributed by atoms with E-state index in [2.05, 4.69) is 15.3 Å². The number of H-pyrrole nitrogens is 1. The minimum atomic E-state index is -0.322. The van der Waals surface area contributed by atoms with Crippen LogP contribution in [-0.4, -0.2) is 23.0 Å². The summed E-state index contributed by atoms with van der Waals surface area (Å²) in [6, 6.07) is 18.6. The van der Waals surface area contributed by atoms with Crippen molar-refractivity contribution in [3.05, 3.63) is 78.1 Å². The number of methoxy groups -OCH3 is 1. The summed E-state index contributed by atoms with van der Waals surface area (Å²) in [6.45, 7) is 0. The lowest BCUT2D eigenvalue weighted by atomic mass is 10.2.